The van der Waals surface area contributed by atoms with Gasteiger partial charge in [-0.3, -0.25) is 5.32 Å². The molecule has 0 radical (unpaired) electrons. The number of aliphatic hydroxyl groups is 5. The van der Waals surface area contributed by atoms with Crippen molar-refractivity contribution in [3.8, 4) is 5.75 Å². The van der Waals surface area contributed by atoms with Gasteiger partial charge in [-0.25, -0.2) is 22.0 Å². The topological polar surface area (TPSA) is 228 Å². The quantitative estimate of drug-likeness (QED) is 0.227. The van der Waals surface area contributed by atoms with Crippen LogP contribution in [0.4, 0.5) is 0 Å². The van der Waals surface area contributed by atoms with E-state index < -0.39 is 62.8 Å². The summed E-state index contributed by atoms with van der Waals surface area (Å²) in [6, 6.07) is -2.18. The number of hydrogen-bond donors (Lipinski definition) is 8. The number of aliphatic hydroxyl groups excluding tert-OH is 1. The zero-order valence-electron chi connectivity index (χ0n) is 11.8. The fourth-order valence-electron chi connectivity index (χ4n) is 2.19. The van der Waals surface area contributed by atoms with Crippen LogP contribution in [-0.2, 0) is 19.9 Å². The van der Waals surface area contributed by atoms with Crippen LogP contribution in [0.1, 0.15) is 18.5 Å². The van der Waals surface area contributed by atoms with Crippen LogP contribution in [0.15, 0.2) is 8.42 Å². The molecular formula is C9H14N2O10S3. The fraction of sp³-hybridized carbons (Fsp3) is 0.556. The monoisotopic (exact) mass is 406 g/mol. The molecule has 1 aliphatic rings. The van der Waals surface area contributed by atoms with Crippen LogP contribution in [0, 0.1) is 0 Å². The van der Waals surface area contributed by atoms with Crippen LogP contribution < -0.4 is 10.5 Å². The van der Waals surface area contributed by atoms with E-state index in [2.05, 4.69) is 0 Å². The molecule has 0 aliphatic carbocycles. The van der Waals surface area contributed by atoms with Crippen LogP contribution >= 0.6 is 11.3 Å². The first-order valence-corrected chi connectivity index (χ1v) is 9.89. The number of aromatic hydroxyl groups is 1. The molecule has 2 heterocycles. The van der Waals surface area contributed by atoms with Crippen molar-refractivity contribution in [1.29, 1.82) is 0 Å². The number of nitrogens with two attached hydrogens (primary N) is 1. The van der Waals surface area contributed by atoms with E-state index in [1.54, 1.807) is 5.32 Å². The van der Waals surface area contributed by atoms with Gasteiger partial charge in [0.15, 0.2) is 9.96 Å². The molecule has 9 N–H and O–H groups in total. The predicted octanol–water partition coefficient (Wildman–Crippen LogP) is -3.82. The van der Waals surface area contributed by atoms with E-state index in [-0.39, 0.29) is 11.3 Å². The highest BCUT2D eigenvalue weighted by Gasteiger charge is 2.59. The highest BCUT2D eigenvalue weighted by atomic mass is 32.3. The Balaban J connectivity index is 2.88. The summed E-state index contributed by atoms with van der Waals surface area (Å²) in [6.45, 7) is 0.724. The Labute approximate surface area is 139 Å². The number of thiophene rings is 1. The number of fused-ring (bicyclic) bond motifs is 1. The van der Waals surface area contributed by atoms with Crippen molar-refractivity contribution in [2.45, 2.75) is 38.5 Å². The highest BCUT2D eigenvalue weighted by molar-refractivity contribution is 7.95. The Bertz CT molecular complexity index is 879. The van der Waals surface area contributed by atoms with Crippen molar-refractivity contribution in [2.24, 2.45) is 5.14 Å². The summed E-state index contributed by atoms with van der Waals surface area (Å²) in [5.41, 5.74) is -3.75. The maximum absolute atomic E-state index is 12.2. The van der Waals surface area contributed by atoms with Crippen molar-refractivity contribution in [3.05, 3.63) is 5.56 Å². The Morgan fingerprint density at radius 1 is 1.33 bits per heavy atom. The lowest BCUT2D eigenvalue weighted by molar-refractivity contribution is -0.256. The Morgan fingerprint density at radius 2 is 1.83 bits per heavy atom. The van der Waals surface area contributed by atoms with E-state index in [1.165, 1.54) is 0 Å². The van der Waals surface area contributed by atoms with Gasteiger partial charge in [-0.1, -0.05) is 0 Å². The molecule has 1 aromatic heterocycles. The van der Waals surface area contributed by atoms with Gasteiger partial charge in [0.25, 0.3) is 10.0 Å². The van der Waals surface area contributed by atoms with Gasteiger partial charge in [0.2, 0.25) is 27.0 Å². The maximum atomic E-state index is 12.2. The Hall–Kier alpha value is -0.880. The lowest BCUT2D eigenvalue weighted by Crippen LogP contribution is -2.61. The van der Waals surface area contributed by atoms with Gasteiger partial charge in [-0.15, -0.1) is 11.3 Å². The number of primary sulfonamides is 1. The van der Waals surface area contributed by atoms with Gasteiger partial charge in [0.1, 0.15) is 10.3 Å². The average molecular weight is 406 g/mol. The molecule has 0 spiro atoms. The summed E-state index contributed by atoms with van der Waals surface area (Å²) in [5, 5.41) is 65.0. The van der Waals surface area contributed by atoms with Gasteiger partial charge >= 0.3 is 0 Å². The van der Waals surface area contributed by atoms with Crippen LogP contribution in [0.5, 0.6) is 5.75 Å². The van der Waals surface area contributed by atoms with E-state index in [4.69, 9.17) is 5.14 Å². The van der Waals surface area contributed by atoms with E-state index in [0.29, 0.717) is 0 Å². The third kappa shape index (κ3) is 2.92. The molecule has 138 valence electrons. The molecule has 24 heavy (non-hydrogen) atoms. The van der Waals surface area contributed by atoms with Crippen molar-refractivity contribution >= 4 is 31.2 Å². The zero-order chi connectivity index (χ0) is 18.9. The van der Waals surface area contributed by atoms with Gasteiger partial charge in [0, 0.05) is 12.5 Å². The summed E-state index contributed by atoms with van der Waals surface area (Å²) in [5.74, 6) is -7.57. The largest absolute Gasteiger partial charge is 0.505 e. The number of nitrogens with one attached hydrogen (secondary N) is 1. The summed E-state index contributed by atoms with van der Waals surface area (Å²) in [4.78, 5) is 0. The molecule has 1 aliphatic heterocycles. The van der Waals surface area contributed by atoms with Crippen molar-refractivity contribution in [3.63, 3.8) is 0 Å². The zero-order valence-corrected chi connectivity index (χ0v) is 14.2. The van der Waals surface area contributed by atoms with Gasteiger partial charge in [-0.2, -0.15) is 0 Å². The van der Waals surface area contributed by atoms with Gasteiger partial charge < -0.3 is 30.6 Å². The average Bonchev–Trinajstić information content (AvgIpc) is 2.70. The second-order valence-electron chi connectivity index (χ2n) is 5.26. The molecule has 0 fully saturated rings. The summed E-state index contributed by atoms with van der Waals surface area (Å²) in [6.07, 6.45) is 0. The smallest absolute Gasteiger partial charge is 0.251 e. The minimum Gasteiger partial charge on any atom is -0.505 e. The molecular weight excluding hydrogens is 392 g/mol. The molecule has 1 aromatic rings. The van der Waals surface area contributed by atoms with Crippen LogP contribution in [0.25, 0.3) is 0 Å². The van der Waals surface area contributed by atoms with Crippen LogP contribution in [0.2, 0.25) is 0 Å². The molecule has 2 atom stereocenters. The highest BCUT2D eigenvalue weighted by Crippen LogP contribution is 2.51. The molecule has 2 rings (SSSR count). The number of sulfone groups is 1. The number of hydrogen-bond acceptors (Lipinski definition) is 12. The molecule has 0 amide bonds. The van der Waals surface area contributed by atoms with Crippen LogP contribution in [-0.4, -0.2) is 64.6 Å². The SMILES string of the molecule is CC(O)(O)NC1c2c(sc(S(N)(=O)=O)c2O)S(=O)(=O)C(O)C1(O)O. The lowest BCUT2D eigenvalue weighted by atomic mass is 9.99. The normalized spacial score (nSPS) is 26.1. The van der Waals surface area contributed by atoms with E-state index in [1.807, 2.05) is 0 Å². The third-order valence-electron chi connectivity index (χ3n) is 3.16. The molecule has 0 saturated heterocycles. The van der Waals surface area contributed by atoms with Crippen molar-refractivity contribution in [1.82, 2.24) is 5.32 Å². The molecule has 12 nitrogen and oxygen atoms in total. The minimum atomic E-state index is -4.89. The molecule has 0 bridgehead atoms. The summed E-state index contributed by atoms with van der Waals surface area (Å²) in [7, 11) is -9.48. The van der Waals surface area contributed by atoms with E-state index >= 15 is 0 Å². The predicted molar refractivity (Wildman–Crippen MR) is 76.4 cm³/mol. The second kappa shape index (κ2) is 5.31. The molecule has 2 unspecified atom stereocenters. The lowest BCUT2D eigenvalue weighted by Gasteiger charge is -2.40. The first-order valence-electron chi connectivity index (χ1n) is 5.99. The maximum Gasteiger partial charge on any atom is 0.251 e. The fourth-order valence-corrected chi connectivity index (χ4v) is 6.45. The van der Waals surface area contributed by atoms with Gasteiger partial charge in [0.05, 0.1) is 0 Å². The van der Waals surface area contributed by atoms with E-state index in [0.717, 1.165) is 6.92 Å². The Kier molecular flexibility index (Phi) is 4.30. The third-order valence-corrected chi connectivity index (χ3v) is 8.22. The van der Waals surface area contributed by atoms with Gasteiger partial charge in [-0.05, 0) is 0 Å². The molecule has 0 aromatic carbocycles. The van der Waals surface area contributed by atoms with Crippen LogP contribution in [0.3, 0.4) is 0 Å². The van der Waals surface area contributed by atoms with Crippen molar-refractivity contribution in [2.75, 3.05) is 0 Å². The first kappa shape index (κ1) is 19.4. The standard InChI is InChI=1S/C9H14N2O10S3/c1-8(14,15)11-4-2-3(12)6(24(10,20)21)22-5(2)23(18,19)7(13)9(4,16)17/h4,7,11-17H,1H3,(H2,10,20,21). The number of rotatable bonds is 3. The van der Waals surface area contributed by atoms with E-state index in [9.17, 15) is 47.5 Å². The molecule has 15 heteroatoms. The first-order chi connectivity index (χ1) is 10.5. The minimum absolute atomic E-state index is 0.0263. The molecule has 0 saturated carbocycles. The Morgan fingerprint density at radius 3 is 2.25 bits per heavy atom. The number of sulfonamides is 1. The summed E-state index contributed by atoms with van der Waals surface area (Å²) >= 11 is -0.0263. The summed E-state index contributed by atoms with van der Waals surface area (Å²) < 4.78 is 45.3. The second-order valence-corrected chi connectivity index (χ2v) is 10.2. The van der Waals surface area contributed by atoms with Crippen molar-refractivity contribution < 1.29 is 47.5 Å².